The minimum atomic E-state index is 0.0297. The molecule has 2 aromatic carbocycles. The third kappa shape index (κ3) is 3.75. The van der Waals surface area contributed by atoms with Gasteiger partial charge in [-0.25, -0.2) is 5.43 Å². The van der Waals surface area contributed by atoms with Gasteiger partial charge < -0.3 is 10.1 Å². The summed E-state index contributed by atoms with van der Waals surface area (Å²) in [6.07, 6.45) is 0.451. The number of para-hydroxylation sites is 1. The van der Waals surface area contributed by atoms with Gasteiger partial charge in [0.2, 0.25) is 5.91 Å². The van der Waals surface area contributed by atoms with E-state index in [9.17, 15) is 4.79 Å². The summed E-state index contributed by atoms with van der Waals surface area (Å²) in [6, 6.07) is 17.8. The quantitative estimate of drug-likeness (QED) is 0.791. The summed E-state index contributed by atoms with van der Waals surface area (Å²) in [5, 5.41) is 2.97. The zero-order chi connectivity index (χ0) is 16.9. The maximum absolute atomic E-state index is 12.4. The molecule has 1 aliphatic heterocycles. The third-order valence-electron chi connectivity index (χ3n) is 4.49. The Morgan fingerprint density at radius 2 is 1.79 bits per heavy atom. The predicted octanol–water partition coefficient (Wildman–Crippen LogP) is 2.88. The lowest BCUT2D eigenvalue weighted by atomic mass is 9.87. The number of hydrazine groups is 1. The molecule has 0 spiro atoms. The van der Waals surface area contributed by atoms with E-state index >= 15 is 0 Å². The van der Waals surface area contributed by atoms with Gasteiger partial charge in [-0.15, -0.1) is 0 Å². The number of nitrogens with one attached hydrogen (secondary N) is 3. The largest absolute Gasteiger partial charge is 0.497 e. The van der Waals surface area contributed by atoms with Gasteiger partial charge in [0, 0.05) is 24.1 Å². The summed E-state index contributed by atoms with van der Waals surface area (Å²) in [4.78, 5) is 12.4. The molecule has 3 N–H and O–H groups in total. The van der Waals surface area contributed by atoms with Gasteiger partial charge in [-0.05, 0) is 36.8 Å². The van der Waals surface area contributed by atoms with Gasteiger partial charge in [-0.3, -0.25) is 10.2 Å². The Bertz CT molecular complexity index is 673. The highest BCUT2D eigenvalue weighted by molar-refractivity contribution is 5.90. The van der Waals surface area contributed by atoms with Crippen molar-refractivity contribution in [3.05, 3.63) is 60.2 Å². The van der Waals surface area contributed by atoms with E-state index in [1.165, 1.54) is 0 Å². The fraction of sp³-hybridized carbons (Fsp3) is 0.316. The van der Waals surface area contributed by atoms with Crippen molar-refractivity contribution in [2.75, 3.05) is 12.4 Å². The molecular weight excluding hydrogens is 302 g/mol. The topological polar surface area (TPSA) is 62.4 Å². The molecule has 0 bridgehead atoms. The van der Waals surface area contributed by atoms with Crippen LogP contribution in [-0.2, 0) is 4.79 Å². The molecule has 1 fully saturated rings. The van der Waals surface area contributed by atoms with Crippen molar-refractivity contribution in [2.45, 2.75) is 25.4 Å². The van der Waals surface area contributed by atoms with E-state index in [2.05, 4.69) is 23.1 Å². The molecule has 1 aliphatic rings. The molecule has 3 rings (SSSR count). The van der Waals surface area contributed by atoms with E-state index in [1.54, 1.807) is 7.11 Å². The lowest BCUT2D eigenvalue weighted by molar-refractivity contribution is -0.117. The van der Waals surface area contributed by atoms with Gasteiger partial charge in [0.05, 0.1) is 13.2 Å². The second-order valence-corrected chi connectivity index (χ2v) is 6.11. The molecule has 1 amide bonds. The summed E-state index contributed by atoms with van der Waals surface area (Å²) in [7, 11) is 1.66. The molecule has 24 heavy (non-hydrogen) atoms. The molecule has 2 aromatic rings. The second-order valence-electron chi connectivity index (χ2n) is 6.11. The molecule has 0 saturated carbocycles. The lowest BCUT2D eigenvalue weighted by Crippen LogP contribution is -2.29. The highest BCUT2D eigenvalue weighted by atomic mass is 16.5. The summed E-state index contributed by atoms with van der Waals surface area (Å²) in [5.74, 6) is 1.03. The molecule has 0 aromatic heterocycles. The number of rotatable bonds is 5. The number of carbonyl (C=O) groups is 1. The molecule has 5 heteroatoms. The molecule has 3 unspecified atom stereocenters. The van der Waals surface area contributed by atoms with Gasteiger partial charge in [0.15, 0.2) is 0 Å². The minimum absolute atomic E-state index is 0.0297. The van der Waals surface area contributed by atoms with Gasteiger partial charge in [-0.2, -0.15) is 0 Å². The number of benzene rings is 2. The molecule has 1 saturated heterocycles. The van der Waals surface area contributed by atoms with Crippen LogP contribution in [0.3, 0.4) is 0 Å². The number of ether oxygens (including phenoxy) is 1. The van der Waals surface area contributed by atoms with E-state index in [4.69, 9.17) is 4.74 Å². The summed E-state index contributed by atoms with van der Waals surface area (Å²) >= 11 is 0. The normalized spacial score (nSPS) is 23.0. The SMILES string of the molecule is COc1ccc(C2NNC(C)C2CC(=O)Nc2ccccc2)cc1. The Kier molecular flexibility index (Phi) is 5.13. The van der Waals surface area contributed by atoms with Crippen LogP contribution in [0.4, 0.5) is 5.69 Å². The summed E-state index contributed by atoms with van der Waals surface area (Å²) in [5.41, 5.74) is 8.54. The molecule has 1 heterocycles. The number of amides is 1. The first kappa shape index (κ1) is 16.5. The Morgan fingerprint density at radius 3 is 2.46 bits per heavy atom. The highest BCUT2D eigenvalue weighted by Crippen LogP contribution is 2.32. The van der Waals surface area contributed by atoms with Crippen molar-refractivity contribution < 1.29 is 9.53 Å². The first-order chi connectivity index (χ1) is 11.7. The monoisotopic (exact) mass is 325 g/mol. The molecule has 126 valence electrons. The lowest BCUT2D eigenvalue weighted by Gasteiger charge is -2.21. The van der Waals surface area contributed by atoms with Crippen LogP contribution >= 0.6 is 0 Å². The first-order valence-corrected chi connectivity index (χ1v) is 8.17. The predicted molar refractivity (Wildman–Crippen MR) is 94.6 cm³/mol. The molecule has 0 radical (unpaired) electrons. The van der Waals surface area contributed by atoms with Crippen molar-refractivity contribution in [3.63, 3.8) is 0 Å². The first-order valence-electron chi connectivity index (χ1n) is 8.17. The van der Waals surface area contributed by atoms with E-state index < -0.39 is 0 Å². The number of anilines is 1. The summed E-state index contributed by atoms with van der Waals surface area (Å²) < 4.78 is 5.21. The number of hydrogen-bond acceptors (Lipinski definition) is 4. The van der Waals surface area contributed by atoms with E-state index in [0.29, 0.717) is 6.42 Å². The van der Waals surface area contributed by atoms with Crippen molar-refractivity contribution in [2.24, 2.45) is 5.92 Å². The maximum Gasteiger partial charge on any atom is 0.224 e. The van der Waals surface area contributed by atoms with Crippen LogP contribution < -0.4 is 20.9 Å². The van der Waals surface area contributed by atoms with Crippen molar-refractivity contribution in [1.29, 1.82) is 0 Å². The number of carbonyl (C=O) groups excluding carboxylic acids is 1. The number of methoxy groups -OCH3 is 1. The van der Waals surface area contributed by atoms with Gasteiger partial charge >= 0.3 is 0 Å². The van der Waals surface area contributed by atoms with Crippen LogP contribution in [0.25, 0.3) is 0 Å². The molecule has 0 aliphatic carbocycles. The molecule has 5 nitrogen and oxygen atoms in total. The van der Waals surface area contributed by atoms with Crippen LogP contribution in [0, 0.1) is 5.92 Å². The maximum atomic E-state index is 12.4. The molecule has 3 atom stereocenters. The fourth-order valence-electron chi connectivity index (χ4n) is 3.11. The third-order valence-corrected chi connectivity index (χ3v) is 4.49. The second kappa shape index (κ2) is 7.47. The van der Waals surface area contributed by atoms with Crippen molar-refractivity contribution in [1.82, 2.24) is 10.9 Å². The Balaban J connectivity index is 1.68. The van der Waals surface area contributed by atoms with Crippen LogP contribution in [0.15, 0.2) is 54.6 Å². The van der Waals surface area contributed by atoms with E-state index in [-0.39, 0.29) is 23.9 Å². The summed E-state index contributed by atoms with van der Waals surface area (Å²) in [6.45, 7) is 2.09. The van der Waals surface area contributed by atoms with E-state index in [0.717, 1.165) is 17.0 Å². The fourth-order valence-corrected chi connectivity index (χ4v) is 3.11. The zero-order valence-corrected chi connectivity index (χ0v) is 14.0. The van der Waals surface area contributed by atoms with Gasteiger partial charge in [-0.1, -0.05) is 30.3 Å². The van der Waals surface area contributed by atoms with Crippen molar-refractivity contribution >= 4 is 11.6 Å². The Labute approximate surface area is 142 Å². The standard InChI is InChI=1S/C19H23N3O2/c1-13-17(12-18(23)20-15-6-4-3-5-7-15)19(22-21-13)14-8-10-16(24-2)11-9-14/h3-11,13,17,19,21-22H,12H2,1-2H3,(H,20,23). The molecular formula is C19H23N3O2. The number of hydrogen-bond donors (Lipinski definition) is 3. The average Bonchev–Trinajstić information content (AvgIpc) is 2.96. The van der Waals surface area contributed by atoms with E-state index in [1.807, 2.05) is 54.6 Å². The van der Waals surface area contributed by atoms with Gasteiger partial charge in [0.1, 0.15) is 5.75 Å². The van der Waals surface area contributed by atoms with Crippen LogP contribution in [-0.4, -0.2) is 19.1 Å². The average molecular weight is 325 g/mol. The Hall–Kier alpha value is -2.37. The Morgan fingerprint density at radius 1 is 1.08 bits per heavy atom. The zero-order valence-electron chi connectivity index (χ0n) is 14.0. The van der Waals surface area contributed by atoms with Gasteiger partial charge in [0.25, 0.3) is 0 Å². The van der Waals surface area contributed by atoms with Crippen molar-refractivity contribution in [3.8, 4) is 5.75 Å². The minimum Gasteiger partial charge on any atom is -0.497 e. The smallest absolute Gasteiger partial charge is 0.224 e. The van der Waals surface area contributed by atoms with Crippen LogP contribution in [0.2, 0.25) is 0 Å². The van der Waals surface area contributed by atoms with Crippen LogP contribution in [0.5, 0.6) is 5.75 Å². The van der Waals surface area contributed by atoms with Crippen LogP contribution in [0.1, 0.15) is 24.9 Å². The highest BCUT2D eigenvalue weighted by Gasteiger charge is 2.35.